The fourth-order valence-electron chi connectivity index (χ4n) is 1.63. The van der Waals surface area contributed by atoms with Crippen LogP contribution in [0.5, 0.6) is 5.75 Å². The lowest BCUT2D eigenvalue weighted by Crippen LogP contribution is -2.14. The van der Waals surface area contributed by atoms with Gasteiger partial charge in [-0.2, -0.15) is 0 Å². The van der Waals surface area contributed by atoms with Crippen LogP contribution < -0.4 is 5.32 Å². The third-order valence-corrected chi connectivity index (χ3v) is 3.16. The second-order valence-electron chi connectivity index (χ2n) is 4.12. The molecular formula is C14H9BrFNO4. The Morgan fingerprint density at radius 2 is 1.86 bits per heavy atom. The van der Waals surface area contributed by atoms with Crippen molar-refractivity contribution >= 4 is 33.5 Å². The Balaban J connectivity index is 2.25. The summed E-state index contributed by atoms with van der Waals surface area (Å²) in [6.07, 6.45) is 0. The van der Waals surface area contributed by atoms with Crippen LogP contribution in [-0.2, 0) is 0 Å². The van der Waals surface area contributed by atoms with E-state index in [0.29, 0.717) is 4.47 Å². The predicted octanol–water partition coefficient (Wildman–Crippen LogP) is 3.24. The zero-order valence-electron chi connectivity index (χ0n) is 10.4. The molecule has 0 aliphatic heterocycles. The number of hydrogen-bond donors (Lipinski definition) is 3. The van der Waals surface area contributed by atoms with Crippen molar-refractivity contribution in [1.82, 2.24) is 0 Å². The van der Waals surface area contributed by atoms with Crippen molar-refractivity contribution in [2.24, 2.45) is 0 Å². The number of nitrogens with one attached hydrogen (secondary N) is 1. The van der Waals surface area contributed by atoms with Gasteiger partial charge in [0.15, 0.2) is 0 Å². The highest BCUT2D eigenvalue weighted by Gasteiger charge is 2.15. The third-order valence-electron chi connectivity index (χ3n) is 2.67. The molecule has 2 rings (SSSR count). The number of amides is 1. The first-order valence-corrected chi connectivity index (χ1v) is 6.50. The van der Waals surface area contributed by atoms with Crippen LogP contribution in [0, 0.1) is 5.82 Å². The van der Waals surface area contributed by atoms with Gasteiger partial charge in [0, 0.05) is 4.47 Å². The lowest BCUT2D eigenvalue weighted by molar-refractivity contribution is 0.0696. The van der Waals surface area contributed by atoms with Gasteiger partial charge in [0.1, 0.15) is 11.6 Å². The first kappa shape index (κ1) is 15.0. The Morgan fingerprint density at radius 3 is 2.43 bits per heavy atom. The van der Waals surface area contributed by atoms with E-state index in [4.69, 9.17) is 5.11 Å². The molecule has 0 atom stereocenters. The maximum atomic E-state index is 13.6. The highest BCUT2D eigenvalue weighted by Crippen LogP contribution is 2.25. The van der Waals surface area contributed by atoms with E-state index in [9.17, 15) is 19.1 Å². The molecule has 1 amide bonds. The van der Waals surface area contributed by atoms with Crippen molar-refractivity contribution in [3.05, 3.63) is 57.8 Å². The number of phenolic OH excluding ortho intramolecular Hbond substituents is 1. The zero-order valence-corrected chi connectivity index (χ0v) is 12.0. The number of hydrogen-bond acceptors (Lipinski definition) is 3. The lowest BCUT2D eigenvalue weighted by Gasteiger charge is -2.08. The highest BCUT2D eigenvalue weighted by molar-refractivity contribution is 9.10. The molecule has 0 spiro atoms. The molecule has 0 aromatic heterocycles. The van der Waals surface area contributed by atoms with E-state index >= 15 is 0 Å². The zero-order chi connectivity index (χ0) is 15.6. The van der Waals surface area contributed by atoms with E-state index in [1.54, 1.807) is 0 Å². The molecule has 0 aliphatic carbocycles. The van der Waals surface area contributed by atoms with Gasteiger partial charge < -0.3 is 15.5 Å². The standard InChI is InChI=1S/C14H9BrFNO4/c15-8-2-3-9(10(16)6-8)13(19)17-11-4-1-7(14(20)21)5-12(11)18/h1-6,18H,(H,17,19)(H,20,21). The Hall–Kier alpha value is -2.41. The van der Waals surface area contributed by atoms with Crippen LogP contribution in [0.1, 0.15) is 20.7 Å². The van der Waals surface area contributed by atoms with E-state index < -0.39 is 23.4 Å². The minimum atomic E-state index is -1.21. The molecule has 0 heterocycles. The second-order valence-corrected chi connectivity index (χ2v) is 5.03. The van der Waals surface area contributed by atoms with Gasteiger partial charge in [-0.25, -0.2) is 9.18 Å². The molecule has 0 unspecified atom stereocenters. The molecule has 3 N–H and O–H groups in total. The molecule has 0 bridgehead atoms. The summed E-state index contributed by atoms with van der Waals surface area (Å²) in [6, 6.07) is 7.38. The highest BCUT2D eigenvalue weighted by atomic mass is 79.9. The van der Waals surface area contributed by atoms with E-state index in [2.05, 4.69) is 21.2 Å². The molecule has 108 valence electrons. The van der Waals surface area contributed by atoms with Gasteiger partial charge in [-0.3, -0.25) is 4.79 Å². The summed E-state index contributed by atoms with van der Waals surface area (Å²) in [7, 11) is 0. The van der Waals surface area contributed by atoms with Gasteiger partial charge in [-0.05, 0) is 36.4 Å². The van der Waals surface area contributed by atoms with Gasteiger partial charge in [-0.15, -0.1) is 0 Å². The summed E-state index contributed by atoms with van der Waals surface area (Å²) in [6.45, 7) is 0. The third kappa shape index (κ3) is 3.38. The number of aromatic hydroxyl groups is 1. The molecular weight excluding hydrogens is 345 g/mol. The number of anilines is 1. The fraction of sp³-hybridized carbons (Fsp3) is 0. The lowest BCUT2D eigenvalue weighted by atomic mass is 10.1. The molecule has 0 fully saturated rings. The number of rotatable bonds is 3. The molecule has 0 saturated carbocycles. The van der Waals surface area contributed by atoms with Crippen molar-refractivity contribution in [3.63, 3.8) is 0 Å². The summed E-state index contributed by atoms with van der Waals surface area (Å²) >= 11 is 3.08. The number of carbonyl (C=O) groups excluding carboxylic acids is 1. The maximum absolute atomic E-state index is 13.6. The SMILES string of the molecule is O=C(O)c1ccc(NC(=O)c2ccc(Br)cc2F)c(O)c1. The van der Waals surface area contributed by atoms with E-state index in [-0.39, 0.29) is 16.8 Å². The fourth-order valence-corrected chi connectivity index (χ4v) is 1.97. The number of benzene rings is 2. The first-order valence-electron chi connectivity index (χ1n) is 5.71. The van der Waals surface area contributed by atoms with E-state index in [1.807, 2.05) is 0 Å². The summed E-state index contributed by atoms with van der Waals surface area (Å²) in [5, 5.41) is 20.8. The normalized spacial score (nSPS) is 10.2. The number of carboxylic acid groups (broad SMARTS) is 1. The van der Waals surface area contributed by atoms with Crippen LogP contribution in [0.2, 0.25) is 0 Å². The summed E-state index contributed by atoms with van der Waals surface area (Å²) in [5.41, 5.74) is -0.326. The van der Waals surface area contributed by atoms with Crippen molar-refractivity contribution in [1.29, 1.82) is 0 Å². The van der Waals surface area contributed by atoms with Gasteiger partial charge in [0.25, 0.3) is 5.91 Å². The minimum Gasteiger partial charge on any atom is -0.506 e. The van der Waals surface area contributed by atoms with Crippen molar-refractivity contribution < 1.29 is 24.2 Å². The molecule has 21 heavy (non-hydrogen) atoms. The van der Waals surface area contributed by atoms with Crippen LogP contribution in [0.25, 0.3) is 0 Å². The second kappa shape index (κ2) is 5.92. The Bertz CT molecular complexity index is 733. The number of carbonyl (C=O) groups is 2. The summed E-state index contributed by atoms with van der Waals surface area (Å²) in [4.78, 5) is 22.7. The smallest absolute Gasteiger partial charge is 0.335 e. The van der Waals surface area contributed by atoms with E-state index in [0.717, 1.165) is 12.1 Å². The molecule has 5 nitrogen and oxygen atoms in total. The minimum absolute atomic E-state index is 0.00711. The van der Waals surface area contributed by atoms with Crippen molar-refractivity contribution in [2.45, 2.75) is 0 Å². The van der Waals surface area contributed by atoms with Gasteiger partial charge >= 0.3 is 5.97 Å². The maximum Gasteiger partial charge on any atom is 0.335 e. The predicted molar refractivity (Wildman–Crippen MR) is 77.1 cm³/mol. The first-order chi connectivity index (χ1) is 9.88. The Kier molecular flexibility index (Phi) is 4.23. The van der Waals surface area contributed by atoms with Gasteiger partial charge in [0.2, 0.25) is 0 Å². The molecule has 0 saturated heterocycles. The number of aromatic carboxylic acids is 1. The van der Waals surface area contributed by atoms with Crippen LogP contribution in [0.3, 0.4) is 0 Å². The quantitative estimate of drug-likeness (QED) is 0.739. The number of carboxylic acids is 1. The van der Waals surface area contributed by atoms with Crippen molar-refractivity contribution in [3.8, 4) is 5.75 Å². The molecule has 0 radical (unpaired) electrons. The van der Waals surface area contributed by atoms with Gasteiger partial charge in [0.05, 0.1) is 16.8 Å². The molecule has 2 aromatic carbocycles. The van der Waals surface area contributed by atoms with Crippen LogP contribution in [0.4, 0.5) is 10.1 Å². The number of phenols is 1. The molecule has 2 aromatic rings. The topological polar surface area (TPSA) is 86.6 Å². The summed E-state index contributed by atoms with van der Waals surface area (Å²) < 4.78 is 14.1. The van der Waals surface area contributed by atoms with E-state index in [1.165, 1.54) is 24.3 Å². The average Bonchev–Trinajstić information content (AvgIpc) is 2.40. The number of halogens is 2. The average molecular weight is 354 g/mol. The van der Waals surface area contributed by atoms with Crippen LogP contribution >= 0.6 is 15.9 Å². The van der Waals surface area contributed by atoms with Crippen LogP contribution in [-0.4, -0.2) is 22.1 Å². The van der Waals surface area contributed by atoms with Crippen molar-refractivity contribution in [2.75, 3.05) is 5.32 Å². The monoisotopic (exact) mass is 353 g/mol. The molecule has 7 heteroatoms. The van der Waals surface area contributed by atoms with Crippen LogP contribution in [0.15, 0.2) is 40.9 Å². The summed E-state index contributed by atoms with van der Waals surface area (Å²) in [5.74, 6) is -3.09. The van der Waals surface area contributed by atoms with Gasteiger partial charge in [-0.1, -0.05) is 15.9 Å². The Morgan fingerprint density at radius 1 is 1.14 bits per heavy atom. The largest absolute Gasteiger partial charge is 0.506 e. The molecule has 0 aliphatic rings. The Labute approximate surface area is 127 Å².